The zero-order valence-electron chi connectivity index (χ0n) is 15.0. The summed E-state index contributed by atoms with van der Waals surface area (Å²) in [4.78, 5) is 16.2. The molecular weight excluding hydrogens is 350 g/mol. The maximum atomic E-state index is 12.4. The summed E-state index contributed by atoms with van der Waals surface area (Å²) in [6, 6.07) is 2.33. The van der Waals surface area contributed by atoms with Crippen LogP contribution >= 0.6 is 0 Å². The highest BCUT2D eigenvalue weighted by Crippen LogP contribution is 2.32. The minimum absolute atomic E-state index is 0.00864. The lowest BCUT2D eigenvalue weighted by molar-refractivity contribution is -0.0541. The van der Waals surface area contributed by atoms with Crippen LogP contribution in [0.4, 0.5) is 13.6 Å². The molecule has 9 heteroatoms. The molecule has 2 heterocycles. The Hall–Kier alpha value is -2.00. The highest BCUT2D eigenvalue weighted by Gasteiger charge is 2.34. The van der Waals surface area contributed by atoms with Crippen molar-refractivity contribution < 1.29 is 32.9 Å². The minimum atomic E-state index is -2.97. The summed E-state index contributed by atoms with van der Waals surface area (Å²) < 4.78 is 40.1. The van der Waals surface area contributed by atoms with Gasteiger partial charge < -0.3 is 24.6 Å². The Bertz CT molecular complexity index is 622. The molecule has 0 spiro atoms. The number of aliphatic hydroxyl groups excluding tert-OH is 1. The van der Waals surface area contributed by atoms with Crippen LogP contribution in [0.2, 0.25) is 0 Å². The summed E-state index contributed by atoms with van der Waals surface area (Å²) in [5, 5.41) is 11.8. The molecule has 1 amide bonds. The Morgan fingerprint density at radius 1 is 1.46 bits per heavy atom. The van der Waals surface area contributed by atoms with Gasteiger partial charge in [0.1, 0.15) is 5.60 Å². The van der Waals surface area contributed by atoms with Crippen LogP contribution in [0.5, 0.6) is 5.88 Å². The fraction of sp³-hybridized carbons (Fsp3) is 0.647. The van der Waals surface area contributed by atoms with Gasteiger partial charge in [-0.2, -0.15) is 8.78 Å². The normalized spacial score (nSPS) is 19.8. The van der Waals surface area contributed by atoms with Gasteiger partial charge in [-0.25, -0.2) is 9.78 Å². The van der Waals surface area contributed by atoms with Crippen molar-refractivity contribution in [1.82, 2.24) is 10.3 Å². The topological polar surface area (TPSA) is 89.9 Å². The minimum Gasteiger partial charge on any atom is -0.444 e. The predicted molar refractivity (Wildman–Crippen MR) is 87.9 cm³/mol. The second-order valence-electron chi connectivity index (χ2n) is 6.90. The first-order valence-corrected chi connectivity index (χ1v) is 8.36. The number of nitrogens with zero attached hydrogens (tertiary/aromatic N) is 1. The van der Waals surface area contributed by atoms with Crippen LogP contribution in [0.25, 0.3) is 0 Å². The number of amides is 1. The Balaban J connectivity index is 2.23. The molecule has 1 aromatic rings. The van der Waals surface area contributed by atoms with Gasteiger partial charge in [-0.3, -0.25) is 0 Å². The second kappa shape index (κ2) is 8.59. The van der Waals surface area contributed by atoms with E-state index in [1.807, 2.05) is 0 Å². The molecule has 2 N–H and O–H groups in total. The first-order valence-electron chi connectivity index (χ1n) is 8.36. The van der Waals surface area contributed by atoms with Gasteiger partial charge in [0.05, 0.1) is 24.4 Å². The summed E-state index contributed by atoms with van der Waals surface area (Å²) in [5.41, 5.74) is 0.382. The summed E-state index contributed by atoms with van der Waals surface area (Å²) in [6.45, 7) is 2.35. The highest BCUT2D eigenvalue weighted by atomic mass is 19.3. The third-order valence-electron chi connectivity index (χ3n) is 3.65. The molecule has 0 saturated carbocycles. The molecule has 0 aromatic carbocycles. The lowest BCUT2D eigenvalue weighted by atomic mass is 9.94. The molecule has 0 fully saturated rings. The number of rotatable bonds is 6. The van der Waals surface area contributed by atoms with Gasteiger partial charge in [-0.05, 0) is 39.7 Å². The first-order chi connectivity index (χ1) is 12.2. The molecule has 0 unspecified atom stereocenters. The molecule has 0 bridgehead atoms. The van der Waals surface area contributed by atoms with Gasteiger partial charge in [-0.1, -0.05) is 0 Å². The number of hydrogen-bond acceptors (Lipinski definition) is 6. The number of nitrogens with one attached hydrogen (secondary N) is 1. The summed E-state index contributed by atoms with van der Waals surface area (Å²) in [6.07, 6.45) is -0.0234. The van der Waals surface area contributed by atoms with E-state index in [1.54, 1.807) is 26.8 Å². The third-order valence-corrected chi connectivity index (χ3v) is 3.65. The third kappa shape index (κ3) is 5.77. The van der Waals surface area contributed by atoms with Crippen molar-refractivity contribution in [2.45, 2.75) is 64.6 Å². The van der Waals surface area contributed by atoms with Crippen molar-refractivity contribution in [3.63, 3.8) is 0 Å². The van der Waals surface area contributed by atoms with Crippen LogP contribution in [0.1, 0.15) is 50.9 Å². The largest absolute Gasteiger partial charge is 0.444 e. The van der Waals surface area contributed by atoms with E-state index >= 15 is 0 Å². The van der Waals surface area contributed by atoms with Crippen molar-refractivity contribution in [1.29, 1.82) is 0 Å². The molecule has 2 atom stereocenters. The zero-order valence-corrected chi connectivity index (χ0v) is 15.0. The fourth-order valence-corrected chi connectivity index (χ4v) is 2.68. The molecular formula is C17H24F2N2O5. The average Bonchev–Trinajstić information content (AvgIpc) is 2.51. The molecule has 1 aromatic heterocycles. The molecule has 0 saturated heterocycles. The van der Waals surface area contributed by atoms with E-state index in [4.69, 9.17) is 14.6 Å². The van der Waals surface area contributed by atoms with E-state index in [9.17, 15) is 13.6 Å². The van der Waals surface area contributed by atoms with Crippen molar-refractivity contribution in [2.75, 3.05) is 6.61 Å². The van der Waals surface area contributed by atoms with E-state index in [0.717, 1.165) is 0 Å². The highest BCUT2D eigenvalue weighted by molar-refractivity contribution is 5.68. The Kier molecular flexibility index (Phi) is 6.71. The number of fused-ring (bicyclic) bond motifs is 1. The Labute approximate surface area is 150 Å². The Morgan fingerprint density at radius 3 is 2.81 bits per heavy atom. The summed E-state index contributed by atoms with van der Waals surface area (Å²) in [7, 11) is 0. The van der Waals surface area contributed by atoms with Gasteiger partial charge in [0.15, 0.2) is 0 Å². The van der Waals surface area contributed by atoms with E-state index in [1.165, 1.54) is 6.07 Å². The van der Waals surface area contributed by atoms with E-state index in [0.29, 0.717) is 24.1 Å². The van der Waals surface area contributed by atoms with E-state index < -0.39 is 30.5 Å². The number of carbonyl (C=O) groups is 1. The number of hydrogen-bond donors (Lipinski definition) is 2. The second-order valence-corrected chi connectivity index (χ2v) is 6.90. The first kappa shape index (κ1) is 20.3. The van der Waals surface area contributed by atoms with Gasteiger partial charge in [0.25, 0.3) is 0 Å². The van der Waals surface area contributed by atoms with Crippen LogP contribution in [0, 0.1) is 0 Å². The average molecular weight is 374 g/mol. The van der Waals surface area contributed by atoms with Crippen LogP contribution in [0.15, 0.2) is 12.1 Å². The van der Waals surface area contributed by atoms with Crippen LogP contribution in [0.3, 0.4) is 0 Å². The SMILES string of the molecule is CC(C)(C)OC(=O)N[C@H]1c2ccc(OC(F)F)nc2CO[C@H]1CCCO. The van der Waals surface area contributed by atoms with Crippen molar-refractivity contribution in [3.05, 3.63) is 23.4 Å². The van der Waals surface area contributed by atoms with Gasteiger partial charge >= 0.3 is 12.7 Å². The molecule has 7 nitrogen and oxygen atoms in total. The van der Waals surface area contributed by atoms with Crippen LogP contribution in [-0.4, -0.2) is 41.1 Å². The molecule has 146 valence electrons. The standard InChI is InChI=1S/C17H24F2N2O5/c1-17(2,3)26-16(23)21-14-10-6-7-13(25-15(18)19)20-11(10)9-24-12(14)5-4-8-22/h6-7,12,14-15,22H,4-5,8-9H2,1-3H3,(H,21,23)/t12-,14-/m0/s1. The number of pyridine rings is 1. The number of carbonyl (C=O) groups excluding carboxylic acids is 1. The lowest BCUT2D eigenvalue weighted by Gasteiger charge is -2.34. The van der Waals surface area contributed by atoms with Crippen LogP contribution in [-0.2, 0) is 16.1 Å². The quantitative estimate of drug-likeness (QED) is 0.796. The molecule has 2 rings (SSSR count). The van der Waals surface area contributed by atoms with Gasteiger partial charge in [-0.15, -0.1) is 0 Å². The van der Waals surface area contributed by atoms with Crippen LogP contribution < -0.4 is 10.1 Å². The molecule has 0 aliphatic carbocycles. The summed E-state index contributed by atoms with van der Waals surface area (Å²) >= 11 is 0. The number of halogens is 2. The zero-order chi connectivity index (χ0) is 19.3. The van der Waals surface area contributed by atoms with E-state index in [-0.39, 0.29) is 19.1 Å². The number of ether oxygens (including phenoxy) is 3. The van der Waals surface area contributed by atoms with Crippen molar-refractivity contribution >= 4 is 6.09 Å². The van der Waals surface area contributed by atoms with Crippen molar-refractivity contribution in [2.24, 2.45) is 0 Å². The lowest BCUT2D eigenvalue weighted by Crippen LogP contribution is -2.43. The summed E-state index contributed by atoms with van der Waals surface area (Å²) in [5.74, 6) is -0.216. The maximum absolute atomic E-state index is 12.4. The molecule has 26 heavy (non-hydrogen) atoms. The molecule has 1 aliphatic heterocycles. The predicted octanol–water partition coefficient (Wildman–Crippen LogP) is 2.92. The molecule has 0 radical (unpaired) electrons. The number of alkyl halides is 2. The monoisotopic (exact) mass is 374 g/mol. The Morgan fingerprint density at radius 2 is 2.19 bits per heavy atom. The van der Waals surface area contributed by atoms with Gasteiger partial charge in [0, 0.05) is 18.2 Å². The van der Waals surface area contributed by atoms with E-state index in [2.05, 4.69) is 15.0 Å². The number of aliphatic hydroxyl groups is 1. The molecule has 1 aliphatic rings. The van der Waals surface area contributed by atoms with Gasteiger partial charge in [0.2, 0.25) is 5.88 Å². The van der Waals surface area contributed by atoms with Crippen molar-refractivity contribution in [3.8, 4) is 5.88 Å². The number of aromatic nitrogens is 1. The fourth-order valence-electron chi connectivity index (χ4n) is 2.68. The number of alkyl carbamates (subject to hydrolysis) is 1. The maximum Gasteiger partial charge on any atom is 0.408 e. The smallest absolute Gasteiger partial charge is 0.408 e.